The van der Waals surface area contributed by atoms with E-state index in [1.54, 1.807) is 18.6 Å². The normalized spacial score (nSPS) is 23.5. The van der Waals surface area contributed by atoms with Gasteiger partial charge in [0.05, 0.1) is 30.3 Å². The van der Waals surface area contributed by atoms with Crippen LogP contribution in [0.15, 0.2) is 30.3 Å². The zero-order chi connectivity index (χ0) is 27.8. The summed E-state index contributed by atoms with van der Waals surface area (Å²) in [5, 5.41) is 31.0. The number of benzene rings is 1. The minimum atomic E-state index is -4.54. The van der Waals surface area contributed by atoms with Crippen LogP contribution in [0.2, 0.25) is 0 Å². The van der Waals surface area contributed by atoms with E-state index < -0.39 is 64.2 Å². The van der Waals surface area contributed by atoms with Crippen LogP contribution in [0, 0.1) is 16.0 Å². The molecular formula is C22H31N3O11S. The van der Waals surface area contributed by atoms with Crippen molar-refractivity contribution in [1.82, 2.24) is 4.72 Å². The van der Waals surface area contributed by atoms with Crippen LogP contribution in [0.25, 0.3) is 6.08 Å². The minimum absolute atomic E-state index is 0.0148. The Morgan fingerprint density at radius 3 is 2.46 bits per heavy atom. The van der Waals surface area contributed by atoms with Gasteiger partial charge in [-0.25, -0.2) is 9.52 Å². The van der Waals surface area contributed by atoms with E-state index in [0.29, 0.717) is 12.0 Å². The van der Waals surface area contributed by atoms with Gasteiger partial charge < -0.3 is 25.4 Å². The van der Waals surface area contributed by atoms with E-state index in [4.69, 9.17) is 19.4 Å². The highest BCUT2D eigenvalue weighted by Gasteiger charge is 2.43. The third-order valence-corrected chi connectivity index (χ3v) is 6.69. The van der Waals surface area contributed by atoms with E-state index in [1.807, 2.05) is 0 Å². The van der Waals surface area contributed by atoms with E-state index >= 15 is 0 Å². The minimum Gasteiger partial charge on any atom is -0.462 e. The second-order valence-corrected chi connectivity index (χ2v) is 9.80. The van der Waals surface area contributed by atoms with Crippen LogP contribution < -0.4 is 10.5 Å². The number of non-ortho nitro benzene ring substituents is 1. The van der Waals surface area contributed by atoms with Crippen LogP contribution in [0.1, 0.15) is 32.3 Å². The molecule has 0 bridgehead atoms. The van der Waals surface area contributed by atoms with Gasteiger partial charge in [0.2, 0.25) is 0 Å². The third kappa shape index (κ3) is 9.14. The zero-order valence-electron chi connectivity index (χ0n) is 20.3. The van der Waals surface area contributed by atoms with Crippen molar-refractivity contribution in [2.45, 2.75) is 57.1 Å². The van der Waals surface area contributed by atoms with Gasteiger partial charge in [-0.3, -0.25) is 19.1 Å². The Bertz CT molecular complexity index is 1080. The van der Waals surface area contributed by atoms with E-state index in [9.17, 15) is 38.3 Å². The van der Waals surface area contributed by atoms with Crippen LogP contribution in [0.3, 0.4) is 0 Å². The van der Waals surface area contributed by atoms with Crippen LogP contribution in [-0.2, 0) is 33.6 Å². The predicted molar refractivity (Wildman–Crippen MR) is 129 cm³/mol. The average molecular weight is 546 g/mol. The van der Waals surface area contributed by atoms with E-state index in [-0.39, 0.29) is 24.6 Å². The fraction of sp³-hybridized carbons (Fsp3) is 0.545. The van der Waals surface area contributed by atoms with Crippen molar-refractivity contribution in [3.8, 4) is 0 Å². The highest BCUT2D eigenvalue weighted by Crippen LogP contribution is 2.24. The number of aliphatic hydroxyl groups is 2. The smallest absolute Gasteiger partial charge is 0.362 e. The van der Waals surface area contributed by atoms with Gasteiger partial charge in [-0.15, -0.1) is 0 Å². The van der Waals surface area contributed by atoms with E-state index in [0.717, 1.165) is 6.08 Å². The van der Waals surface area contributed by atoms with Crippen molar-refractivity contribution in [3.63, 3.8) is 0 Å². The summed E-state index contributed by atoms with van der Waals surface area (Å²) in [5.41, 5.74) is 6.14. The molecule has 206 valence electrons. The number of rotatable bonds is 13. The van der Waals surface area contributed by atoms with Gasteiger partial charge in [0.25, 0.3) is 11.6 Å². The monoisotopic (exact) mass is 545 g/mol. The standard InChI is InChI=1S/C22H31N3O11S/c1-3-13(2)19(23)22(29)24-37(32,33)35-12-17-21(28)20(27)16(36-17)10-11-34-18(26)9-6-14-4-7-15(8-5-14)25(30)31/h4-9,13,16-17,19-21,27-28H,3,10-12,23H2,1-2H3,(H,24,29). The number of hydrogen-bond acceptors (Lipinski definition) is 12. The molecule has 1 aliphatic heterocycles. The SMILES string of the molecule is CCC(C)C(N)C(=O)NS(=O)(=O)OCC1OC(CCOC(=O)C=Cc2ccc([N+](=O)[O-])cc2)C(O)C1O. The predicted octanol–water partition coefficient (Wildman–Crippen LogP) is -0.218. The molecule has 5 N–H and O–H groups in total. The van der Waals surface area contributed by atoms with Gasteiger partial charge in [-0.1, -0.05) is 20.3 Å². The van der Waals surface area contributed by atoms with E-state index in [1.165, 1.54) is 30.3 Å². The molecule has 1 aromatic carbocycles. The quantitative estimate of drug-likeness (QED) is 0.109. The third-order valence-electron chi connectivity index (χ3n) is 5.80. The summed E-state index contributed by atoms with van der Waals surface area (Å²) >= 11 is 0. The highest BCUT2D eigenvalue weighted by atomic mass is 32.2. The second-order valence-electron chi connectivity index (χ2n) is 8.45. The highest BCUT2D eigenvalue weighted by molar-refractivity contribution is 7.85. The molecule has 15 heteroatoms. The van der Waals surface area contributed by atoms with Gasteiger partial charge in [-0.05, 0) is 29.7 Å². The lowest BCUT2D eigenvalue weighted by atomic mass is 10.00. The topological polar surface area (TPSA) is 218 Å². The molecular weight excluding hydrogens is 514 g/mol. The van der Waals surface area contributed by atoms with Gasteiger partial charge in [-0.2, -0.15) is 8.42 Å². The van der Waals surface area contributed by atoms with Crippen molar-refractivity contribution < 1.29 is 46.8 Å². The number of carbonyl (C=O) groups is 2. The first-order chi connectivity index (χ1) is 17.3. The molecule has 0 aliphatic carbocycles. The first-order valence-electron chi connectivity index (χ1n) is 11.4. The van der Waals surface area contributed by atoms with E-state index in [2.05, 4.69) is 0 Å². The van der Waals surface area contributed by atoms with Crippen LogP contribution in [-0.4, -0.2) is 79.1 Å². The summed E-state index contributed by atoms with van der Waals surface area (Å²) in [4.78, 5) is 34.0. The van der Waals surface area contributed by atoms with Crippen molar-refractivity contribution in [2.24, 2.45) is 11.7 Å². The molecule has 1 aromatic rings. The number of hydrogen-bond donors (Lipinski definition) is 4. The number of nitro benzene ring substituents is 1. The number of aliphatic hydroxyl groups excluding tert-OH is 2. The molecule has 0 spiro atoms. The fourth-order valence-corrected chi connectivity index (χ4v) is 4.04. The first kappa shape index (κ1) is 30.3. The Kier molecular flexibility index (Phi) is 11.1. The Hall–Kier alpha value is -2.95. The van der Waals surface area contributed by atoms with Gasteiger partial charge in [0.1, 0.15) is 18.3 Å². The van der Waals surface area contributed by atoms with Crippen LogP contribution in [0.5, 0.6) is 0 Å². The van der Waals surface area contributed by atoms with Gasteiger partial charge in [0, 0.05) is 24.6 Å². The number of nitrogens with two attached hydrogens (primary N) is 1. The molecule has 1 saturated heterocycles. The average Bonchev–Trinajstić information content (AvgIpc) is 3.13. The summed E-state index contributed by atoms with van der Waals surface area (Å²) in [5.74, 6) is -1.92. The number of nitrogens with zero attached hydrogens (tertiary/aromatic N) is 1. The molecule has 0 aromatic heterocycles. The van der Waals surface area contributed by atoms with Crippen molar-refractivity contribution in [3.05, 3.63) is 46.0 Å². The van der Waals surface area contributed by atoms with Crippen LogP contribution in [0.4, 0.5) is 5.69 Å². The van der Waals surface area contributed by atoms with Gasteiger partial charge in [0.15, 0.2) is 0 Å². The molecule has 1 aliphatic rings. The number of ether oxygens (including phenoxy) is 2. The summed E-state index contributed by atoms with van der Waals surface area (Å²) in [6.07, 6.45) is -2.04. The molecule has 14 nitrogen and oxygen atoms in total. The van der Waals surface area contributed by atoms with Crippen molar-refractivity contribution in [1.29, 1.82) is 0 Å². The molecule has 1 heterocycles. The number of nitro groups is 1. The lowest BCUT2D eigenvalue weighted by molar-refractivity contribution is -0.384. The van der Waals surface area contributed by atoms with Crippen molar-refractivity contribution >= 4 is 33.9 Å². The molecule has 0 saturated carbocycles. The summed E-state index contributed by atoms with van der Waals surface area (Å²) in [6.45, 7) is 2.61. The fourth-order valence-electron chi connectivity index (χ4n) is 3.29. The largest absolute Gasteiger partial charge is 0.462 e. The molecule has 2 rings (SSSR count). The molecule has 6 unspecified atom stereocenters. The number of carbonyl (C=O) groups excluding carboxylic acids is 2. The lowest BCUT2D eigenvalue weighted by Crippen LogP contribution is -2.47. The molecule has 1 fully saturated rings. The molecule has 0 radical (unpaired) electrons. The lowest BCUT2D eigenvalue weighted by Gasteiger charge is -2.18. The van der Waals surface area contributed by atoms with Gasteiger partial charge >= 0.3 is 16.3 Å². The molecule has 6 atom stereocenters. The Balaban J connectivity index is 1.78. The first-order valence-corrected chi connectivity index (χ1v) is 12.8. The molecule has 1 amide bonds. The summed E-state index contributed by atoms with van der Waals surface area (Å²) in [6, 6.07) is 4.43. The number of nitrogens with one attached hydrogen (secondary N) is 1. The Labute approximate surface area is 213 Å². The van der Waals surface area contributed by atoms with Crippen LogP contribution >= 0.6 is 0 Å². The number of esters is 1. The second kappa shape index (κ2) is 13.6. The summed E-state index contributed by atoms with van der Waals surface area (Å²) in [7, 11) is -4.54. The maximum absolute atomic E-state index is 12.0. The molecule has 37 heavy (non-hydrogen) atoms. The maximum atomic E-state index is 12.0. The zero-order valence-corrected chi connectivity index (χ0v) is 21.1. The number of amides is 1. The Morgan fingerprint density at radius 1 is 1.24 bits per heavy atom. The Morgan fingerprint density at radius 2 is 1.86 bits per heavy atom. The summed E-state index contributed by atoms with van der Waals surface area (Å²) < 4.78 is 40.9. The van der Waals surface area contributed by atoms with Crippen molar-refractivity contribution in [2.75, 3.05) is 13.2 Å². The maximum Gasteiger partial charge on any atom is 0.362 e.